The van der Waals surface area contributed by atoms with E-state index in [4.69, 9.17) is 21.8 Å². The molecular formula is C11H13ClN2O3. The van der Waals surface area contributed by atoms with Crippen molar-refractivity contribution < 1.29 is 15.0 Å². The van der Waals surface area contributed by atoms with E-state index >= 15 is 0 Å². The number of carboxylic acids is 1. The first-order valence-electron chi connectivity index (χ1n) is 5.40. The van der Waals surface area contributed by atoms with Crippen molar-refractivity contribution >= 4 is 23.4 Å². The molecule has 0 atom stereocenters. The quantitative estimate of drug-likeness (QED) is 0.833. The van der Waals surface area contributed by atoms with Gasteiger partial charge in [0, 0.05) is 18.8 Å². The van der Waals surface area contributed by atoms with Crippen molar-refractivity contribution in [3.8, 4) is 0 Å². The fourth-order valence-corrected chi connectivity index (χ4v) is 1.91. The van der Waals surface area contributed by atoms with Crippen LogP contribution in [0.25, 0.3) is 0 Å². The zero-order chi connectivity index (χ0) is 12.4. The van der Waals surface area contributed by atoms with Crippen LogP contribution in [-0.4, -0.2) is 40.4 Å². The lowest BCUT2D eigenvalue weighted by molar-refractivity contribution is 0.0697. The first-order valence-corrected chi connectivity index (χ1v) is 5.77. The molecule has 0 bridgehead atoms. The number of pyridine rings is 1. The van der Waals surface area contributed by atoms with Crippen molar-refractivity contribution in [2.75, 3.05) is 18.1 Å². The summed E-state index contributed by atoms with van der Waals surface area (Å²) in [5, 5.41) is 18.1. The third-order valence-electron chi connectivity index (χ3n) is 2.69. The van der Waals surface area contributed by atoms with E-state index in [1.807, 2.05) is 4.90 Å². The third kappa shape index (κ3) is 2.68. The molecule has 1 heterocycles. The van der Waals surface area contributed by atoms with Crippen LogP contribution in [0.4, 0.5) is 5.82 Å². The van der Waals surface area contributed by atoms with Gasteiger partial charge in [0.15, 0.2) is 0 Å². The summed E-state index contributed by atoms with van der Waals surface area (Å²) in [7, 11) is 0. The van der Waals surface area contributed by atoms with Gasteiger partial charge in [-0.05, 0) is 18.9 Å². The topological polar surface area (TPSA) is 73.7 Å². The van der Waals surface area contributed by atoms with Crippen LogP contribution in [0.5, 0.6) is 0 Å². The Hall–Kier alpha value is -1.33. The molecule has 0 amide bonds. The summed E-state index contributed by atoms with van der Waals surface area (Å²) in [5.41, 5.74) is 0.0419. The van der Waals surface area contributed by atoms with Gasteiger partial charge in [-0.1, -0.05) is 11.6 Å². The van der Waals surface area contributed by atoms with Crippen molar-refractivity contribution in [3.05, 3.63) is 22.8 Å². The first-order chi connectivity index (χ1) is 8.13. The number of aromatic carboxylic acids is 1. The highest BCUT2D eigenvalue weighted by Crippen LogP contribution is 2.31. The highest BCUT2D eigenvalue weighted by Gasteiger charge is 2.30. The maximum atomic E-state index is 11.0. The lowest BCUT2D eigenvalue weighted by Crippen LogP contribution is -2.29. The number of nitrogens with zero attached hydrogens (tertiary/aromatic N) is 2. The van der Waals surface area contributed by atoms with E-state index in [0.717, 1.165) is 12.8 Å². The van der Waals surface area contributed by atoms with E-state index < -0.39 is 5.97 Å². The smallest absolute Gasteiger partial charge is 0.337 e. The first kappa shape index (κ1) is 12.1. The standard InChI is InChI=1S/C11H13ClN2O3/c12-9-6-13-10(5-8(9)11(16)17)14(3-4-15)7-1-2-7/h5-7,15H,1-4H2,(H,16,17). The number of aromatic nitrogens is 1. The predicted molar refractivity (Wildman–Crippen MR) is 63.7 cm³/mol. The summed E-state index contributed by atoms with van der Waals surface area (Å²) in [6.45, 7) is 0.474. The summed E-state index contributed by atoms with van der Waals surface area (Å²) in [6.07, 6.45) is 3.44. The molecule has 5 nitrogen and oxygen atoms in total. The molecule has 1 aliphatic rings. The SMILES string of the molecule is O=C(O)c1cc(N(CCO)C2CC2)ncc1Cl. The number of hydrogen-bond donors (Lipinski definition) is 2. The number of carboxylic acid groups (broad SMARTS) is 1. The molecule has 0 aromatic carbocycles. The normalized spacial score (nSPS) is 14.7. The Bertz CT molecular complexity index is 435. The zero-order valence-corrected chi connectivity index (χ0v) is 9.89. The van der Waals surface area contributed by atoms with E-state index in [0.29, 0.717) is 18.4 Å². The maximum absolute atomic E-state index is 11.0. The van der Waals surface area contributed by atoms with Crippen LogP contribution in [0.2, 0.25) is 5.02 Å². The number of hydrogen-bond acceptors (Lipinski definition) is 4. The van der Waals surface area contributed by atoms with Gasteiger partial charge < -0.3 is 15.1 Å². The maximum Gasteiger partial charge on any atom is 0.337 e. The molecule has 1 saturated carbocycles. The predicted octanol–water partition coefficient (Wildman–Crippen LogP) is 1.39. The molecule has 92 valence electrons. The number of rotatable bonds is 5. The van der Waals surface area contributed by atoms with Gasteiger partial charge in [0.1, 0.15) is 5.82 Å². The summed E-state index contributed by atoms with van der Waals surface area (Å²) in [5.74, 6) is -0.512. The van der Waals surface area contributed by atoms with Gasteiger partial charge in [-0.2, -0.15) is 0 Å². The van der Waals surface area contributed by atoms with E-state index in [1.54, 1.807) is 0 Å². The van der Waals surface area contributed by atoms with Crippen LogP contribution in [0.3, 0.4) is 0 Å². The second-order valence-electron chi connectivity index (χ2n) is 3.98. The van der Waals surface area contributed by atoms with Crippen LogP contribution < -0.4 is 4.90 Å². The number of aliphatic hydroxyl groups is 1. The summed E-state index contributed by atoms with van der Waals surface area (Å²) in [4.78, 5) is 17.0. The summed E-state index contributed by atoms with van der Waals surface area (Å²) >= 11 is 5.76. The van der Waals surface area contributed by atoms with Gasteiger partial charge in [-0.3, -0.25) is 0 Å². The Balaban J connectivity index is 2.30. The third-order valence-corrected chi connectivity index (χ3v) is 3.00. The molecule has 0 saturated heterocycles. The Morgan fingerprint density at radius 2 is 2.29 bits per heavy atom. The van der Waals surface area contributed by atoms with Gasteiger partial charge in [0.05, 0.1) is 17.2 Å². The van der Waals surface area contributed by atoms with Crippen LogP contribution in [0, 0.1) is 0 Å². The molecule has 6 heteroatoms. The molecule has 1 aromatic rings. The van der Waals surface area contributed by atoms with Crippen molar-refractivity contribution in [2.45, 2.75) is 18.9 Å². The lowest BCUT2D eigenvalue weighted by Gasteiger charge is -2.22. The minimum absolute atomic E-state index is 0.0171. The number of carbonyl (C=O) groups is 1. The molecular weight excluding hydrogens is 244 g/mol. The second-order valence-corrected chi connectivity index (χ2v) is 4.38. The molecule has 2 N–H and O–H groups in total. The summed E-state index contributed by atoms with van der Waals surface area (Å²) in [6, 6.07) is 1.82. The highest BCUT2D eigenvalue weighted by molar-refractivity contribution is 6.33. The van der Waals surface area contributed by atoms with Gasteiger partial charge in [-0.15, -0.1) is 0 Å². The van der Waals surface area contributed by atoms with E-state index in [9.17, 15) is 4.79 Å². The second kappa shape index (κ2) is 4.89. The molecule has 0 unspecified atom stereocenters. The van der Waals surface area contributed by atoms with Crippen molar-refractivity contribution in [1.82, 2.24) is 4.98 Å². The molecule has 1 fully saturated rings. The average Bonchev–Trinajstić information content (AvgIpc) is 3.10. The number of halogens is 1. The molecule has 17 heavy (non-hydrogen) atoms. The Kier molecular flexibility index (Phi) is 3.49. The van der Waals surface area contributed by atoms with Crippen molar-refractivity contribution in [2.24, 2.45) is 0 Å². The molecule has 0 spiro atoms. The monoisotopic (exact) mass is 256 g/mol. The highest BCUT2D eigenvalue weighted by atomic mass is 35.5. The van der Waals surface area contributed by atoms with Gasteiger partial charge in [-0.25, -0.2) is 9.78 Å². The Morgan fingerprint density at radius 3 is 2.82 bits per heavy atom. The largest absolute Gasteiger partial charge is 0.478 e. The zero-order valence-electron chi connectivity index (χ0n) is 9.14. The Morgan fingerprint density at radius 1 is 1.59 bits per heavy atom. The lowest BCUT2D eigenvalue weighted by atomic mass is 10.2. The van der Waals surface area contributed by atoms with Gasteiger partial charge in [0.2, 0.25) is 0 Å². The molecule has 0 aliphatic heterocycles. The van der Waals surface area contributed by atoms with Crippen LogP contribution in [-0.2, 0) is 0 Å². The average molecular weight is 257 g/mol. The van der Waals surface area contributed by atoms with E-state index in [1.165, 1.54) is 12.3 Å². The van der Waals surface area contributed by atoms with E-state index in [-0.39, 0.29) is 17.2 Å². The van der Waals surface area contributed by atoms with Crippen LogP contribution in [0.15, 0.2) is 12.3 Å². The molecule has 1 aliphatic carbocycles. The van der Waals surface area contributed by atoms with E-state index in [2.05, 4.69) is 4.98 Å². The van der Waals surface area contributed by atoms with Crippen molar-refractivity contribution in [3.63, 3.8) is 0 Å². The Labute approximate surface area is 104 Å². The number of aliphatic hydroxyl groups excluding tert-OH is 1. The molecule has 0 radical (unpaired) electrons. The summed E-state index contributed by atoms with van der Waals surface area (Å²) < 4.78 is 0. The fourth-order valence-electron chi connectivity index (χ4n) is 1.73. The number of anilines is 1. The minimum atomic E-state index is -1.07. The molecule has 1 aromatic heterocycles. The molecule has 2 rings (SSSR count). The van der Waals surface area contributed by atoms with Crippen molar-refractivity contribution in [1.29, 1.82) is 0 Å². The van der Waals surface area contributed by atoms with Gasteiger partial charge in [0.25, 0.3) is 0 Å². The van der Waals surface area contributed by atoms with Crippen LogP contribution in [0.1, 0.15) is 23.2 Å². The fraction of sp³-hybridized carbons (Fsp3) is 0.455. The minimum Gasteiger partial charge on any atom is -0.478 e. The van der Waals surface area contributed by atoms with Crippen LogP contribution >= 0.6 is 11.6 Å². The van der Waals surface area contributed by atoms with Gasteiger partial charge >= 0.3 is 5.97 Å².